The van der Waals surface area contributed by atoms with Gasteiger partial charge in [0.25, 0.3) is 5.91 Å². The van der Waals surface area contributed by atoms with Gasteiger partial charge in [-0.2, -0.15) is 10.1 Å². The number of carbonyl (C=O) groups excluding carboxylic acids is 1. The van der Waals surface area contributed by atoms with Crippen molar-refractivity contribution < 1.29 is 4.79 Å². The largest absolute Gasteiger partial charge is 0.370 e. The first kappa shape index (κ1) is 13.0. The molecule has 100 valence electrons. The minimum atomic E-state index is -0.235. The first-order valence-electron chi connectivity index (χ1n) is 5.98. The van der Waals surface area contributed by atoms with E-state index in [9.17, 15) is 4.79 Å². The fourth-order valence-corrected chi connectivity index (χ4v) is 1.65. The monoisotopic (exact) mass is 260 g/mol. The Morgan fingerprint density at radius 3 is 2.84 bits per heavy atom. The fraction of sp³-hybridized carbons (Fsp3) is 0.333. The molecule has 2 heterocycles. The lowest BCUT2D eigenvalue weighted by Gasteiger charge is -2.08. The van der Waals surface area contributed by atoms with Crippen LogP contribution in [0.3, 0.4) is 0 Å². The van der Waals surface area contributed by atoms with Gasteiger partial charge in [-0.1, -0.05) is 0 Å². The molecule has 7 nitrogen and oxygen atoms in total. The van der Waals surface area contributed by atoms with Gasteiger partial charge < -0.3 is 5.32 Å². The minimum Gasteiger partial charge on any atom is -0.370 e. The van der Waals surface area contributed by atoms with Crippen LogP contribution in [0.15, 0.2) is 18.5 Å². The maximum atomic E-state index is 12.1. The Kier molecular flexibility index (Phi) is 3.74. The summed E-state index contributed by atoms with van der Waals surface area (Å²) in [5.74, 6) is 0.857. The van der Waals surface area contributed by atoms with Crippen molar-refractivity contribution in [2.45, 2.75) is 13.8 Å². The van der Waals surface area contributed by atoms with Crippen molar-refractivity contribution in [1.29, 1.82) is 0 Å². The Morgan fingerprint density at radius 1 is 1.42 bits per heavy atom. The van der Waals surface area contributed by atoms with Crippen molar-refractivity contribution in [1.82, 2.24) is 19.7 Å². The molecule has 0 fully saturated rings. The summed E-state index contributed by atoms with van der Waals surface area (Å²) in [4.78, 5) is 20.4. The smallest absolute Gasteiger partial charge is 0.258 e. The number of aryl methyl sites for hydroxylation is 2. The van der Waals surface area contributed by atoms with Crippen LogP contribution >= 0.6 is 0 Å². The van der Waals surface area contributed by atoms with Crippen LogP contribution in [0.4, 0.5) is 11.8 Å². The van der Waals surface area contributed by atoms with Gasteiger partial charge in [0.05, 0.1) is 0 Å². The second kappa shape index (κ2) is 5.47. The molecule has 0 bridgehead atoms. The lowest BCUT2D eigenvalue weighted by molar-refractivity contribution is 0.102. The summed E-state index contributed by atoms with van der Waals surface area (Å²) in [5, 5.41) is 9.68. The summed E-state index contributed by atoms with van der Waals surface area (Å²) in [5.41, 5.74) is 1.31. The lowest BCUT2D eigenvalue weighted by atomic mass is 10.2. The van der Waals surface area contributed by atoms with E-state index in [0.717, 1.165) is 12.2 Å². The van der Waals surface area contributed by atoms with Gasteiger partial charge in [-0.05, 0) is 26.0 Å². The molecule has 0 aromatic carbocycles. The quantitative estimate of drug-likeness (QED) is 0.863. The molecule has 0 aliphatic rings. The van der Waals surface area contributed by atoms with E-state index >= 15 is 0 Å². The van der Waals surface area contributed by atoms with Gasteiger partial charge in [0.2, 0.25) is 5.95 Å². The van der Waals surface area contributed by atoms with Crippen molar-refractivity contribution >= 4 is 17.7 Å². The Balaban J connectivity index is 2.21. The molecular formula is C12H16N6O. The number of pyridine rings is 1. The molecule has 2 rings (SSSR count). The number of hydrogen-bond acceptors (Lipinski definition) is 5. The molecule has 0 saturated carbocycles. The van der Waals surface area contributed by atoms with Crippen LogP contribution in [-0.4, -0.2) is 32.2 Å². The van der Waals surface area contributed by atoms with Crippen molar-refractivity contribution in [2.24, 2.45) is 7.05 Å². The van der Waals surface area contributed by atoms with Crippen molar-refractivity contribution in [2.75, 3.05) is 17.2 Å². The Morgan fingerprint density at radius 2 is 2.21 bits per heavy atom. The molecule has 0 aliphatic carbocycles. The van der Waals surface area contributed by atoms with Crippen LogP contribution in [0.2, 0.25) is 0 Å². The molecule has 0 aliphatic heterocycles. The predicted octanol–water partition coefficient (Wildman–Crippen LogP) is 1.20. The van der Waals surface area contributed by atoms with Gasteiger partial charge in [-0.25, -0.2) is 9.67 Å². The van der Waals surface area contributed by atoms with Crippen LogP contribution in [0.25, 0.3) is 0 Å². The molecule has 2 aromatic rings. The van der Waals surface area contributed by atoms with E-state index < -0.39 is 0 Å². The van der Waals surface area contributed by atoms with Crippen LogP contribution in [0, 0.1) is 6.92 Å². The summed E-state index contributed by atoms with van der Waals surface area (Å²) in [6.45, 7) is 4.57. The van der Waals surface area contributed by atoms with Gasteiger partial charge in [-0.15, -0.1) is 0 Å². The Labute approximate surface area is 111 Å². The molecule has 0 spiro atoms. The molecule has 2 aromatic heterocycles. The third-order valence-electron chi connectivity index (χ3n) is 2.51. The highest BCUT2D eigenvalue weighted by molar-refractivity contribution is 6.03. The number of nitrogens with one attached hydrogen (secondary N) is 2. The second-order valence-corrected chi connectivity index (χ2v) is 4.07. The number of rotatable bonds is 4. The molecule has 2 N–H and O–H groups in total. The van der Waals surface area contributed by atoms with E-state index in [-0.39, 0.29) is 5.91 Å². The van der Waals surface area contributed by atoms with Gasteiger partial charge in [-0.3, -0.25) is 10.1 Å². The van der Waals surface area contributed by atoms with Gasteiger partial charge in [0, 0.05) is 24.8 Å². The van der Waals surface area contributed by atoms with Crippen LogP contribution < -0.4 is 10.6 Å². The van der Waals surface area contributed by atoms with Crippen LogP contribution in [0.1, 0.15) is 23.0 Å². The van der Waals surface area contributed by atoms with Gasteiger partial charge in [0.15, 0.2) is 0 Å². The van der Waals surface area contributed by atoms with Crippen molar-refractivity contribution in [3.05, 3.63) is 29.7 Å². The third-order valence-corrected chi connectivity index (χ3v) is 2.51. The predicted molar refractivity (Wildman–Crippen MR) is 72.1 cm³/mol. The maximum Gasteiger partial charge on any atom is 0.258 e. The standard InChI is InChI=1S/C12H16N6O/c1-4-13-10-6-9(5-8(2)16-10)11(19)17-12-14-7-15-18(12)3/h5-7H,4H2,1-3H3,(H,13,16)(H,14,15,17,19). The normalized spacial score (nSPS) is 10.3. The summed E-state index contributed by atoms with van der Waals surface area (Å²) in [6, 6.07) is 3.44. The number of anilines is 2. The highest BCUT2D eigenvalue weighted by Gasteiger charge is 2.11. The molecule has 1 amide bonds. The summed E-state index contributed by atoms with van der Waals surface area (Å²) < 4.78 is 1.50. The summed E-state index contributed by atoms with van der Waals surface area (Å²) >= 11 is 0. The van der Waals surface area contributed by atoms with Gasteiger partial charge in [0.1, 0.15) is 12.1 Å². The zero-order valence-corrected chi connectivity index (χ0v) is 11.1. The minimum absolute atomic E-state index is 0.235. The van der Waals surface area contributed by atoms with E-state index in [0.29, 0.717) is 17.3 Å². The average molecular weight is 260 g/mol. The zero-order chi connectivity index (χ0) is 13.8. The Bertz CT molecular complexity index is 592. The van der Waals surface area contributed by atoms with Crippen molar-refractivity contribution in [3.8, 4) is 0 Å². The Hall–Kier alpha value is -2.44. The number of carbonyl (C=O) groups is 1. The molecule has 19 heavy (non-hydrogen) atoms. The van der Waals surface area contributed by atoms with E-state index in [1.165, 1.54) is 11.0 Å². The van der Waals surface area contributed by atoms with Crippen LogP contribution in [-0.2, 0) is 7.05 Å². The molecular weight excluding hydrogens is 244 g/mol. The van der Waals surface area contributed by atoms with E-state index in [1.54, 1.807) is 19.2 Å². The molecule has 0 unspecified atom stereocenters. The summed E-state index contributed by atoms with van der Waals surface area (Å²) in [6.07, 6.45) is 1.39. The molecule has 7 heteroatoms. The average Bonchev–Trinajstić information content (AvgIpc) is 2.75. The van der Waals surface area contributed by atoms with Crippen LogP contribution in [0.5, 0.6) is 0 Å². The lowest BCUT2D eigenvalue weighted by Crippen LogP contribution is -2.16. The number of amides is 1. The maximum absolute atomic E-state index is 12.1. The first-order valence-corrected chi connectivity index (χ1v) is 5.98. The SMILES string of the molecule is CCNc1cc(C(=O)Nc2ncnn2C)cc(C)n1. The number of hydrogen-bond donors (Lipinski definition) is 2. The zero-order valence-electron chi connectivity index (χ0n) is 11.1. The third kappa shape index (κ3) is 3.06. The van der Waals surface area contributed by atoms with E-state index in [4.69, 9.17) is 0 Å². The first-order chi connectivity index (χ1) is 9.10. The molecule has 0 saturated heterocycles. The molecule has 0 radical (unpaired) electrons. The second-order valence-electron chi connectivity index (χ2n) is 4.07. The number of aromatic nitrogens is 4. The highest BCUT2D eigenvalue weighted by atomic mass is 16.1. The summed E-state index contributed by atoms with van der Waals surface area (Å²) in [7, 11) is 1.71. The number of nitrogens with zero attached hydrogens (tertiary/aromatic N) is 4. The highest BCUT2D eigenvalue weighted by Crippen LogP contribution is 2.11. The topological polar surface area (TPSA) is 84.7 Å². The van der Waals surface area contributed by atoms with E-state index in [2.05, 4.69) is 25.7 Å². The van der Waals surface area contributed by atoms with Gasteiger partial charge >= 0.3 is 0 Å². The molecule has 0 atom stereocenters. The van der Waals surface area contributed by atoms with Crippen molar-refractivity contribution in [3.63, 3.8) is 0 Å². The van der Waals surface area contributed by atoms with E-state index in [1.807, 2.05) is 13.8 Å². The fourth-order valence-electron chi connectivity index (χ4n) is 1.65.